The van der Waals surface area contributed by atoms with Crippen molar-refractivity contribution in [2.45, 2.75) is 31.7 Å². The Hall–Kier alpha value is -2.05. The van der Waals surface area contributed by atoms with Gasteiger partial charge in [-0.15, -0.1) is 0 Å². The monoisotopic (exact) mass is 387 g/mol. The molecule has 144 valence electrons. The number of rotatable bonds is 5. The van der Waals surface area contributed by atoms with Gasteiger partial charge in [0, 0.05) is 43.0 Å². The van der Waals surface area contributed by atoms with Gasteiger partial charge in [-0.05, 0) is 31.0 Å². The van der Waals surface area contributed by atoms with E-state index >= 15 is 0 Å². The number of anilines is 2. The number of nitrogens with one attached hydrogen (secondary N) is 1. The number of aromatic nitrogens is 2. The lowest BCUT2D eigenvalue weighted by Gasteiger charge is -2.35. The molecule has 1 aliphatic carbocycles. The highest BCUT2D eigenvalue weighted by Crippen LogP contribution is 2.31. The van der Waals surface area contributed by atoms with E-state index in [1.54, 1.807) is 6.20 Å². The first kappa shape index (κ1) is 18.3. The van der Waals surface area contributed by atoms with Crippen molar-refractivity contribution >= 4 is 29.0 Å². The van der Waals surface area contributed by atoms with Gasteiger partial charge in [0.1, 0.15) is 5.82 Å². The summed E-state index contributed by atoms with van der Waals surface area (Å²) in [5, 5.41) is 8.23. The van der Waals surface area contributed by atoms with Gasteiger partial charge in [0.2, 0.25) is 5.91 Å². The summed E-state index contributed by atoms with van der Waals surface area (Å²) in [6.07, 6.45) is 6.56. The Labute approximate surface area is 165 Å². The number of hydrogen-bond donors (Lipinski definition) is 1. The average Bonchev–Trinajstić information content (AvgIpc) is 3.33. The fourth-order valence-electron chi connectivity index (χ4n) is 4.08. The highest BCUT2D eigenvalue weighted by Gasteiger charge is 2.22. The fraction of sp³-hybridized carbons (Fsp3) is 0.500. The molecule has 7 heteroatoms. The van der Waals surface area contributed by atoms with Gasteiger partial charge in [0.25, 0.3) is 0 Å². The second kappa shape index (κ2) is 8.31. The molecular formula is C20H26ClN5O. The van der Waals surface area contributed by atoms with E-state index in [9.17, 15) is 4.79 Å². The molecule has 6 nitrogen and oxygen atoms in total. The van der Waals surface area contributed by atoms with Crippen molar-refractivity contribution in [3.05, 3.63) is 41.6 Å². The van der Waals surface area contributed by atoms with E-state index in [4.69, 9.17) is 11.6 Å². The minimum Gasteiger partial charge on any atom is -0.369 e. The van der Waals surface area contributed by atoms with Crippen LogP contribution in [-0.2, 0) is 4.79 Å². The zero-order valence-corrected chi connectivity index (χ0v) is 16.2. The van der Waals surface area contributed by atoms with Crippen LogP contribution in [0.5, 0.6) is 0 Å². The number of hydrogen-bond acceptors (Lipinski definition) is 4. The standard InChI is InChI=1S/C20H26ClN5O/c21-16-4-3-7-18(14-16)25-12-10-24(11-13-25)15-20(27)23-19-8-9-22-26(19)17-5-1-2-6-17/h3-4,7-9,14,17H,1-2,5-6,10-13,15H2,(H,23,27). The van der Waals surface area contributed by atoms with Crippen molar-refractivity contribution in [1.29, 1.82) is 0 Å². The summed E-state index contributed by atoms with van der Waals surface area (Å²) in [6, 6.07) is 10.3. The van der Waals surface area contributed by atoms with E-state index < -0.39 is 0 Å². The molecule has 0 unspecified atom stereocenters. The number of carbonyl (C=O) groups is 1. The largest absolute Gasteiger partial charge is 0.369 e. The fourth-order valence-corrected chi connectivity index (χ4v) is 4.26. The number of benzene rings is 1. The van der Waals surface area contributed by atoms with Crippen LogP contribution < -0.4 is 10.2 Å². The van der Waals surface area contributed by atoms with E-state index in [-0.39, 0.29) is 5.91 Å². The van der Waals surface area contributed by atoms with Crippen LogP contribution in [0, 0.1) is 0 Å². The van der Waals surface area contributed by atoms with Crippen molar-refractivity contribution in [3.8, 4) is 0 Å². The molecule has 1 amide bonds. The van der Waals surface area contributed by atoms with Crippen LogP contribution in [0.1, 0.15) is 31.7 Å². The number of piperazine rings is 1. The first-order chi connectivity index (χ1) is 13.2. The third kappa shape index (κ3) is 4.45. The minimum absolute atomic E-state index is 0.0333. The quantitative estimate of drug-likeness (QED) is 0.854. The minimum atomic E-state index is 0.0333. The van der Waals surface area contributed by atoms with Gasteiger partial charge in [-0.1, -0.05) is 30.5 Å². The summed E-state index contributed by atoms with van der Waals surface area (Å²) >= 11 is 6.09. The predicted molar refractivity (Wildman–Crippen MR) is 108 cm³/mol. The van der Waals surface area contributed by atoms with Gasteiger partial charge < -0.3 is 10.2 Å². The van der Waals surface area contributed by atoms with Crippen molar-refractivity contribution in [1.82, 2.24) is 14.7 Å². The number of halogens is 1. The summed E-state index contributed by atoms with van der Waals surface area (Å²) in [5.41, 5.74) is 1.15. The summed E-state index contributed by atoms with van der Waals surface area (Å²) in [4.78, 5) is 17.0. The van der Waals surface area contributed by atoms with Crippen molar-refractivity contribution in [2.24, 2.45) is 0 Å². The van der Waals surface area contributed by atoms with Gasteiger partial charge >= 0.3 is 0 Å². The van der Waals surface area contributed by atoms with Crippen LogP contribution >= 0.6 is 11.6 Å². The molecule has 2 heterocycles. The van der Waals surface area contributed by atoms with Crippen LogP contribution in [-0.4, -0.2) is 53.3 Å². The molecule has 2 aromatic rings. The van der Waals surface area contributed by atoms with Gasteiger partial charge in [-0.2, -0.15) is 5.10 Å². The molecule has 1 aliphatic heterocycles. The normalized spacial score (nSPS) is 18.8. The first-order valence-corrected chi connectivity index (χ1v) is 10.1. The van der Waals surface area contributed by atoms with Gasteiger partial charge in [0.15, 0.2) is 0 Å². The Morgan fingerprint density at radius 1 is 1.15 bits per heavy atom. The lowest BCUT2D eigenvalue weighted by Crippen LogP contribution is -2.48. The van der Waals surface area contributed by atoms with Gasteiger partial charge in [0.05, 0.1) is 18.8 Å². The van der Waals surface area contributed by atoms with Crippen molar-refractivity contribution in [2.75, 3.05) is 42.9 Å². The molecule has 1 saturated heterocycles. The number of carbonyl (C=O) groups excluding carboxylic acids is 1. The Morgan fingerprint density at radius 2 is 1.93 bits per heavy atom. The molecule has 1 saturated carbocycles. The molecule has 0 bridgehead atoms. The maximum atomic E-state index is 12.5. The molecule has 0 spiro atoms. The summed E-state index contributed by atoms with van der Waals surface area (Å²) in [5.74, 6) is 0.857. The highest BCUT2D eigenvalue weighted by atomic mass is 35.5. The van der Waals surface area contributed by atoms with Crippen LogP contribution in [0.4, 0.5) is 11.5 Å². The SMILES string of the molecule is O=C(CN1CCN(c2cccc(Cl)c2)CC1)Nc1ccnn1C1CCCC1. The smallest absolute Gasteiger partial charge is 0.239 e. The van der Waals surface area contributed by atoms with E-state index in [0.29, 0.717) is 12.6 Å². The third-order valence-corrected chi connectivity index (χ3v) is 5.76. The van der Waals surface area contributed by atoms with Crippen molar-refractivity contribution < 1.29 is 4.79 Å². The number of amides is 1. The molecular weight excluding hydrogens is 362 g/mol. The van der Waals surface area contributed by atoms with Crippen LogP contribution in [0.15, 0.2) is 36.5 Å². The van der Waals surface area contributed by atoms with Gasteiger partial charge in [-0.3, -0.25) is 9.69 Å². The van der Waals surface area contributed by atoms with Crippen LogP contribution in [0.3, 0.4) is 0 Å². The summed E-state index contributed by atoms with van der Waals surface area (Å²) < 4.78 is 1.99. The van der Waals surface area contributed by atoms with Crippen LogP contribution in [0.2, 0.25) is 5.02 Å². The molecule has 1 aromatic carbocycles. The Morgan fingerprint density at radius 3 is 2.67 bits per heavy atom. The second-order valence-electron chi connectivity index (χ2n) is 7.39. The molecule has 0 atom stereocenters. The van der Waals surface area contributed by atoms with E-state index in [0.717, 1.165) is 55.5 Å². The maximum absolute atomic E-state index is 12.5. The second-order valence-corrected chi connectivity index (χ2v) is 7.83. The molecule has 2 fully saturated rings. The summed E-state index contributed by atoms with van der Waals surface area (Å²) in [6.45, 7) is 3.93. The molecule has 27 heavy (non-hydrogen) atoms. The topological polar surface area (TPSA) is 53.4 Å². The molecule has 1 N–H and O–H groups in total. The van der Waals surface area contributed by atoms with Crippen molar-refractivity contribution in [3.63, 3.8) is 0 Å². The lowest BCUT2D eigenvalue weighted by atomic mass is 10.2. The Bertz CT molecular complexity index is 778. The van der Waals surface area contributed by atoms with E-state index in [1.165, 1.54) is 12.8 Å². The highest BCUT2D eigenvalue weighted by molar-refractivity contribution is 6.30. The zero-order chi connectivity index (χ0) is 18.6. The molecule has 4 rings (SSSR count). The Kier molecular flexibility index (Phi) is 5.64. The molecule has 1 aromatic heterocycles. The average molecular weight is 388 g/mol. The molecule has 2 aliphatic rings. The number of nitrogens with zero attached hydrogens (tertiary/aromatic N) is 4. The Balaban J connectivity index is 1.28. The van der Waals surface area contributed by atoms with Crippen LogP contribution in [0.25, 0.3) is 0 Å². The zero-order valence-electron chi connectivity index (χ0n) is 15.5. The van der Waals surface area contributed by atoms with E-state index in [2.05, 4.69) is 26.3 Å². The van der Waals surface area contributed by atoms with E-state index in [1.807, 2.05) is 28.9 Å². The summed E-state index contributed by atoms with van der Waals surface area (Å²) in [7, 11) is 0. The molecule has 0 radical (unpaired) electrons. The van der Waals surface area contributed by atoms with Gasteiger partial charge in [-0.25, -0.2) is 4.68 Å². The maximum Gasteiger partial charge on any atom is 0.239 e. The first-order valence-electron chi connectivity index (χ1n) is 9.75. The lowest BCUT2D eigenvalue weighted by molar-refractivity contribution is -0.117. The predicted octanol–water partition coefficient (Wildman–Crippen LogP) is 3.41. The third-order valence-electron chi connectivity index (χ3n) is 5.52.